The zero-order valence-electron chi connectivity index (χ0n) is 11.7. The van der Waals surface area contributed by atoms with Crippen LogP contribution >= 0.6 is 0 Å². The van der Waals surface area contributed by atoms with Crippen molar-refractivity contribution in [3.05, 3.63) is 42.0 Å². The highest BCUT2D eigenvalue weighted by molar-refractivity contribution is 5.96. The number of carbonyl (C=O) groups excluding carboxylic acids is 1. The van der Waals surface area contributed by atoms with E-state index in [4.69, 9.17) is 5.11 Å². The molecule has 0 bridgehead atoms. The van der Waals surface area contributed by atoms with E-state index in [0.29, 0.717) is 18.9 Å². The first-order chi connectivity index (χ1) is 9.84. The quantitative estimate of drug-likeness (QED) is 0.794. The molecule has 2 N–H and O–H groups in total. The first kappa shape index (κ1) is 17.2. The third-order valence-corrected chi connectivity index (χ3v) is 2.85. The van der Waals surface area contributed by atoms with E-state index in [1.165, 1.54) is 24.3 Å². The predicted molar refractivity (Wildman–Crippen MR) is 74.4 cm³/mol. The molecule has 116 valence electrons. The molecular formula is C15H18F3NO2. The molecule has 0 aromatic heterocycles. The minimum Gasteiger partial charge on any atom is -0.396 e. The summed E-state index contributed by atoms with van der Waals surface area (Å²) in [6, 6.07) is 6.89. The molecule has 0 spiro atoms. The van der Waals surface area contributed by atoms with Gasteiger partial charge in [0.25, 0.3) is 0 Å². The van der Waals surface area contributed by atoms with Crippen molar-refractivity contribution in [2.75, 3.05) is 6.61 Å². The van der Waals surface area contributed by atoms with Crippen LogP contribution in [0, 0.1) is 0 Å². The Balaban J connectivity index is 2.87. The second kappa shape index (κ2) is 7.83. The molecule has 0 saturated carbocycles. The van der Waals surface area contributed by atoms with E-state index in [0.717, 1.165) is 0 Å². The van der Waals surface area contributed by atoms with Gasteiger partial charge in [-0.05, 0) is 25.3 Å². The number of halogens is 3. The smallest absolute Gasteiger partial charge is 0.396 e. The maximum Gasteiger partial charge on any atom is 0.417 e. The molecule has 6 heteroatoms. The van der Waals surface area contributed by atoms with Crippen LogP contribution in [0.25, 0.3) is 5.57 Å². The van der Waals surface area contributed by atoms with Gasteiger partial charge in [0.2, 0.25) is 5.91 Å². The fraction of sp³-hybridized carbons (Fsp3) is 0.400. The summed E-state index contributed by atoms with van der Waals surface area (Å²) in [4.78, 5) is 11.7. The molecule has 0 fully saturated rings. The summed E-state index contributed by atoms with van der Waals surface area (Å²) in [5.41, 5.74) is -1.03. The largest absolute Gasteiger partial charge is 0.417 e. The minimum absolute atomic E-state index is 0.0200. The number of allylic oxidation sites excluding steroid dienone is 1. The van der Waals surface area contributed by atoms with Crippen LogP contribution in [0.2, 0.25) is 0 Å². The van der Waals surface area contributed by atoms with Crippen LogP contribution in [0.3, 0.4) is 0 Å². The zero-order chi connectivity index (χ0) is 15.9. The molecular weight excluding hydrogens is 283 g/mol. The molecule has 1 rings (SSSR count). The van der Waals surface area contributed by atoms with E-state index in [2.05, 4.69) is 5.32 Å². The third kappa shape index (κ3) is 5.99. The van der Waals surface area contributed by atoms with E-state index < -0.39 is 17.7 Å². The van der Waals surface area contributed by atoms with E-state index in [9.17, 15) is 18.0 Å². The number of alkyl halides is 3. The topological polar surface area (TPSA) is 49.3 Å². The van der Waals surface area contributed by atoms with Gasteiger partial charge in [-0.2, -0.15) is 13.2 Å². The Morgan fingerprint density at radius 2 is 1.95 bits per heavy atom. The van der Waals surface area contributed by atoms with E-state index in [1.54, 1.807) is 13.0 Å². The van der Waals surface area contributed by atoms with Crippen LogP contribution in [-0.2, 0) is 4.79 Å². The van der Waals surface area contributed by atoms with E-state index in [1.807, 2.05) is 0 Å². The standard InChI is InChI=1S/C15H18F3NO2/c1-11(6-5-9-20)19-14(21)10-13(15(16,17)18)12-7-3-2-4-8-12/h2-4,7-8,10-11,20H,5-6,9H2,1H3,(H,19,21)/b13-10-. The molecule has 1 amide bonds. The molecule has 1 atom stereocenters. The third-order valence-electron chi connectivity index (χ3n) is 2.85. The minimum atomic E-state index is -4.60. The number of aliphatic hydroxyl groups excluding tert-OH is 1. The van der Waals surface area contributed by atoms with Gasteiger partial charge in [0.15, 0.2) is 0 Å². The highest BCUT2D eigenvalue weighted by atomic mass is 19.4. The zero-order valence-corrected chi connectivity index (χ0v) is 11.7. The molecule has 0 aliphatic carbocycles. The van der Waals surface area contributed by atoms with Crippen molar-refractivity contribution in [1.82, 2.24) is 5.32 Å². The van der Waals surface area contributed by atoms with Crippen molar-refractivity contribution in [2.24, 2.45) is 0 Å². The average molecular weight is 301 g/mol. The number of hydrogen-bond donors (Lipinski definition) is 2. The highest BCUT2D eigenvalue weighted by Gasteiger charge is 2.35. The summed E-state index contributed by atoms with van der Waals surface area (Å²) >= 11 is 0. The van der Waals surface area contributed by atoms with E-state index >= 15 is 0 Å². The average Bonchev–Trinajstić information content (AvgIpc) is 2.42. The van der Waals surface area contributed by atoms with E-state index in [-0.39, 0.29) is 18.2 Å². The van der Waals surface area contributed by atoms with Gasteiger partial charge in [0.1, 0.15) is 0 Å². The first-order valence-corrected chi connectivity index (χ1v) is 6.60. The molecule has 0 saturated heterocycles. The monoisotopic (exact) mass is 301 g/mol. The SMILES string of the molecule is CC(CCCO)NC(=O)/C=C(/c1ccccc1)C(F)(F)F. The fourth-order valence-electron chi connectivity index (χ4n) is 1.83. The van der Waals surface area contributed by atoms with Gasteiger partial charge in [-0.15, -0.1) is 0 Å². The number of amides is 1. The summed E-state index contributed by atoms with van der Waals surface area (Å²) in [6.45, 7) is 1.66. The lowest BCUT2D eigenvalue weighted by Crippen LogP contribution is -2.32. The molecule has 0 heterocycles. The lowest BCUT2D eigenvalue weighted by molar-refractivity contribution is -0.117. The van der Waals surface area contributed by atoms with Crippen molar-refractivity contribution in [2.45, 2.75) is 32.0 Å². The Bertz CT molecular complexity index is 483. The van der Waals surface area contributed by atoms with Gasteiger partial charge < -0.3 is 10.4 Å². The Morgan fingerprint density at radius 3 is 2.48 bits per heavy atom. The fourth-order valence-corrected chi connectivity index (χ4v) is 1.83. The number of rotatable bonds is 6. The molecule has 1 aromatic rings. The second-order valence-electron chi connectivity index (χ2n) is 4.70. The van der Waals surface area contributed by atoms with Gasteiger partial charge in [-0.1, -0.05) is 30.3 Å². The predicted octanol–water partition coefficient (Wildman–Crippen LogP) is 2.91. The van der Waals surface area contributed by atoms with Crippen molar-refractivity contribution >= 4 is 11.5 Å². The van der Waals surface area contributed by atoms with Crippen LogP contribution in [-0.4, -0.2) is 29.8 Å². The summed E-state index contributed by atoms with van der Waals surface area (Å²) < 4.78 is 39.1. The first-order valence-electron chi connectivity index (χ1n) is 6.60. The van der Waals surface area contributed by atoms with Crippen LogP contribution < -0.4 is 5.32 Å². The van der Waals surface area contributed by atoms with Gasteiger partial charge in [0, 0.05) is 18.7 Å². The van der Waals surface area contributed by atoms with Crippen molar-refractivity contribution < 1.29 is 23.1 Å². The Hall–Kier alpha value is -1.82. The van der Waals surface area contributed by atoms with Crippen molar-refractivity contribution in [3.63, 3.8) is 0 Å². The lowest BCUT2D eigenvalue weighted by atomic mass is 10.0. The number of nitrogens with one attached hydrogen (secondary N) is 1. The summed E-state index contributed by atoms with van der Waals surface area (Å²) in [7, 11) is 0. The van der Waals surface area contributed by atoms with Crippen LogP contribution in [0.5, 0.6) is 0 Å². The Labute approximate surface area is 121 Å². The van der Waals surface area contributed by atoms with Crippen molar-refractivity contribution in [1.29, 1.82) is 0 Å². The van der Waals surface area contributed by atoms with Gasteiger partial charge >= 0.3 is 6.18 Å². The number of hydrogen-bond acceptors (Lipinski definition) is 2. The highest BCUT2D eigenvalue weighted by Crippen LogP contribution is 2.33. The van der Waals surface area contributed by atoms with Crippen LogP contribution in [0.4, 0.5) is 13.2 Å². The molecule has 1 aromatic carbocycles. The van der Waals surface area contributed by atoms with Crippen molar-refractivity contribution in [3.8, 4) is 0 Å². The van der Waals surface area contributed by atoms with Gasteiger partial charge in [0.05, 0.1) is 5.57 Å². The Kier molecular flexibility index (Phi) is 6.42. The number of carbonyl (C=O) groups is 1. The van der Waals surface area contributed by atoms with Gasteiger partial charge in [-0.3, -0.25) is 4.79 Å². The molecule has 0 aliphatic rings. The Morgan fingerprint density at radius 1 is 1.33 bits per heavy atom. The molecule has 1 unspecified atom stereocenters. The molecule has 0 aliphatic heterocycles. The second-order valence-corrected chi connectivity index (χ2v) is 4.70. The summed E-state index contributed by atoms with van der Waals surface area (Å²) in [6.07, 6.45) is -3.05. The number of aliphatic hydroxyl groups is 1. The lowest BCUT2D eigenvalue weighted by Gasteiger charge is -2.14. The summed E-state index contributed by atoms with van der Waals surface area (Å²) in [5, 5.41) is 11.1. The normalized spacial score (nSPS) is 13.9. The maximum atomic E-state index is 13.0. The molecule has 3 nitrogen and oxygen atoms in total. The molecule has 21 heavy (non-hydrogen) atoms. The number of benzene rings is 1. The molecule has 0 radical (unpaired) electrons. The van der Waals surface area contributed by atoms with Gasteiger partial charge in [-0.25, -0.2) is 0 Å². The van der Waals surface area contributed by atoms with Crippen LogP contribution in [0.15, 0.2) is 36.4 Å². The van der Waals surface area contributed by atoms with Crippen LogP contribution in [0.1, 0.15) is 25.3 Å². The summed E-state index contributed by atoms with van der Waals surface area (Å²) in [5.74, 6) is -0.795. The maximum absolute atomic E-state index is 13.0.